The Balaban J connectivity index is 2.42. The molecule has 1 aliphatic heterocycles. The molecule has 0 aliphatic carbocycles. The van der Waals surface area contributed by atoms with Crippen LogP contribution in [0.25, 0.3) is 6.08 Å². The maximum absolute atomic E-state index is 11.3. The third kappa shape index (κ3) is 2.34. The summed E-state index contributed by atoms with van der Waals surface area (Å²) in [6.07, 6.45) is 1.34. The van der Waals surface area contributed by atoms with Gasteiger partial charge in [-0.1, -0.05) is 12.1 Å². The Bertz CT molecular complexity index is 553. The highest BCUT2D eigenvalue weighted by molar-refractivity contribution is 8.18. The SMILES string of the molecule is O=C1NC(=O)/C(=C\c2ccccc2[N+](=O)[O-])S1. The van der Waals surface area contributed by atoms with Gasteiger partial charge in [0.15, 0.2) is 0 Å². The molecular weight excluding hydrogens is 244 g/mol. The number of carbonyl (C=O) groups excluding carboxylic acids is 2. The lowest BCUT2D eigenvalue weighted by atomic mass is 10.1. The van der Waals surface area contributed by atoms with Gasteiger partial charge < -0.3 is 0 Å². The topological polar surface area (TPSA) is 89.3 Å². The van der Waals surface area contributed by atoms with Crippen molar-refractivity contribution in [2.45, 2.75) is 0 Å². The number of nitrogens with zero attached hydrogens (tertiary/aromatic N) is 1. The van der Waals surface area contributed by atoms with Crippen LogP contribution in [-0.4, -0.2) is 16.1 Å². The first-order valence-electron chi connectivity index (χ1n) is 4.56. The second-order valence-corrected chi connectivity index (χ2v) is 4.18. The molecule has 2 amide bonds. The van der Waals surface area contributed by atoms with Crippen LogP contribution in [0.3, 0.4) is 0 Å². The number of thioether (sulfide) groups is 1. The predicted molar refractivity (Wildman–Crippen MR) is 62.2 cm³/mol. The van der Waals surface area contributed by atoms with Gasteiger partial charge in [0.25, 0.3) is 16.8 Å². The first kappa shape index (κ1) is 11.3. The predicted octanol–water partition coefficient (Wildman–Crippen LogP) is 1.92. The number of rotatable bonds is 2. The maximum atomic E-state index is 11.3. The number of amides is 2. The van der Waals surface area contributed by atoms with Gasteiger partial charge in [-0.15, -0.1) is 0 Å². The Morgan fingerprint density at radius 3 is 2.59 bits per heavy atom. The zero-order valence-electron chi connectivity index (χ0n) is 8.38. The van der Waals surface area contributed by atoms with E-state index >= 15 is 0 Å². The van der Waals surface area contributed by atoms with Crippen molar-refractivity contribution in [3.05, 3.63) is 44.8 Å². The van der Waals surface area contributed by atoms with E-state index in [1.807, 2.05) is 0 Å². The van der Waals surface area contributed by atoms with E-state index in [1.54, 1.807) is 6.07 Å². The largest absolute Gasteiger partial charge is 0.290 e. The van der Waals surface area contributed by atoms with Crippen LogP contribution in [0.15, 0.2) is 29.2 Å². The van der Waals surface area contributed by atoms with Gasteiger partial charge in [-0.05, 0) is 23.9 Å². The summed E-state index contributed by atoms with van der Waals surface area (Å²) in [6.45, 7) is 0. The molecule has 1 aromatic rings. The van der Waals surface area contributed by atoms with Gasteiger partial charge >= 0.3 is 0 Å². The first-order chi connectivity index (χ1) is 8.08. The van der Waals surface area contributed by atoms with E-state index in [9.17, 15) is 19.7 Å². The molecule has 1 aromatic carbocycles. The molecule has 1 fully saturated rings. The van der Waals surface area contributed by atoms with Gasteiger partial charge in [0.1, 0.15) is 0 Å². The Labute approximate surface area is 99.8 Å². The molecule has 0 atom stereocenters. The lowest BCUT2D eigenvalue weighted by Gasteiger charge is -1.97. The van der Waals surface area contributed by atoms with Gasteiger partial charge in [0.2, 0.25) is 0 Å². The average molecular weight is 250 g/mol. The molecule has 1 heterocycles. The second-order valence-electron chi connectivity index (χ2n) is 3.17. The summed E-state index contributed by atoms with van der Waals surface area (Å²) in [6, 6.07) is 6.01. The van der Waals surface area contributed by atoms with E-state index in [0.717, 1.165) is 11.8 Å². The van der Waals surface area contributed by atoms with Gasteiger partial charge in [0.05, 0.1) is 15.4 Å². The van der Waals surface area contributed by atoms with Crippen molar-refractivity contribution in [2.24, 2.45) is 0 Å². The van der Waals surface area contributed by atoms with Crippen LogP contribution in [0.5, 0.6) is 0 Å². The second kappa shape index (κ2) is 4.38. The molecule has 17 heavy (non-hydrogen) atoms. The van der Waals surface area contributed by atoms with Crippen molar-refractivity contribution >= 4 is 34.7 Å². The van der Waals surface area contributed by atoms with Crippen LogP contribution in [0.4, 0.5) is 10.5 Å². The minimum absolute atomic E-state index is 0.104. The average Bonchev–Trinajstić information content (AvgIpc) is 2.58. The van der Waals surface area contributed by atoms with Crippen LogP contribution < -0.4 is 5.32 Å². The third-order valence-electron chi connectivity index (χ3n) is 2.06. The number of benzene rings is 1. The number of hydrogen-bond donors (Lipinski definition) is 1. The number of hydrogen-bond acceptors (Lipinski definition) is 5. The molecule has 0 bridgehead atoms. The molecule has 86 valence electrons. The fourth-order valence-corrected chi connectivity index (χ4v) is 2.01. The van der Waals surface area contributed by atoms with Gasteiger partial charge in [-0.25, -0.2) is 0 Å². The standard InChI is InChI=1S/C10H6N2O4S/c13-9-8(17-10(14)11-9)5-6-3-1-2-4-7(6)12(15)16/h1-5H,(H,11,13,14)/b8-5+. The van der Waals surface area contributed by atoms with E-state index in [-0.39, 0.29) is 10.6 Å². The minimum atomic E-state index is -0.536. The van der Waals surface area contributed by atoms with E-state index in [2.05, 4.69) is 5.32 Å². The van der Waals surface area contributed by atoms with Crippen molar-refractivity contribution in [1.29, 1.82) is 0 Å². The molecule has 0 radical (unpaired) electrons. The van der Waals surface area contributed by atoms with Gasteiger partial charge in [-0.2, -0.15) is 0 Å². The van der Waals surface area contributed by atoms with E-state index in [4.69, 9.17) is 0 Å². The van der Waals surface area contributed by atoms with Crippen LogP contribution in [0.2, 0.25) is 0 Å². The van der Waals surface area contributed by atoms with E-state index < -0.39 is 16.1 Å². The zero-order chi connectivity index (χ0) is 12.4. The summed E-state index contributed by atoms with van der Waals surface area (Å²) in [5, 5.41) is 12.4. The molecule has 7 heteroatoms. The van der Waals surface area contributed by atoms with Gasteiger partial charge in [0, 0.05) is 6.07 Å². The monoisotopic (exact) mass is 250 g/mol. The van der Waals surface area contributed by atoms with E-state index in [0.29, 0.717) is 5.56 Å². The fraction of sp³-hybridized carbons (Fsp3) is 0. The molecule has 1 aliphatic rings. The summed E-state index contributed by atoms with van der Waals surface area (Å²) < 4.78 is 0. The molecule has 0 saturated carbocycles. The van der Waals surface area contributed by atoms with Crippen LogP contribution in [0, 0.1) is 10.1 Å². The number of nitro groups is 1. The Kier molecular flexibility index (Phi) is 2.92. The Hall–Kier alpha value is -2.15. The number of carbonyl (C=O) groups is 2. The summed E-state index contributed by atoms with van der Waals surface area (Å²) in [7, 11) is 0. The Morgan fingerprint density at radius 2 is 2.00 bits per heavy atom. The van der Waals surface area contributed by atoms with Crippen molar-refractivity contribution in [1.82, 2.24) is 5.32 Å². The smallest absolute Gasteiger partial charge is 0.282 e. The quantitative estimate of drug-likeness (QED) is 0.492. The molecular formula is C10H6N2O4S. The summed E-state index contributed by atoms with van der Waals surface area (Å²) in [5.41, 5.74) is 0.192. The van der Waals surface area contributed by atoms with Gasteiger partial charge in [-0.3, -0.25) is 25.0 Å². The van der Waals surface area contributed by atoms with Crippen molar-refractivity contribution in [2.75, 3.05) is 0 Å². The first-order valence-corrected chi connectivity index (χ1v) is 5.38. The Morgan fingerprint density at radius 1 is 1.29 bits per heavy atom. The highest BCUT2D eigenvalue weighted by atomic mass is 32.2. The number of nitrogens with one attached hydrogen (secondary N) is 1. The molecule has 0 aromatic heterocycles. The van der Waals surface area contributed by atoms with Crippen molar-refractivity contribution in [3.63, 3.8) is 0 Å². The maximum Gasteiger partial charge on any atom is 0.290 e. The van der Waals surface area contributed by atoms with Crippen LogP contribution >= 0.6 is 11.8 Å². The molecule has 0 spiro atoms. The fourth-order valence-electron chi connectivity index (χ4n) is 1.34. The summed E-state index contributed by atoms with van der Waals surface area (Å²) >= 11 is 0.728. The van der Waals surface area contributed by atoms with E-state index in [1.165, 1.54) is 24.3 Å². The van der Waals surface area contributed by atoms with Crippen LogP contribution in [-0.2, 0) is 4.79 Å². The third-order valence-corrected chi connectivity index (χ3v) is 2.87. The number of para-hydroxylation sites is 1. The lowest BCUT2D eigenvalue weighted by molar-refractivity contribution is -0.385. The molecule has 2 rings (SSSR count). The number of imide groups is 1. The number of nitro benzene ring substituents is 1. The molecule has 1 N–H and O–H groups in total. The summed E-state index contributed by atoms with van der Waals surface area (Å²) in [5.74, 6) is -0.529. The summed E-state index contributed by atoms with van der Waals surface area (Å²) in [4.78, 5) is 32.6. The van der Waals surface area contributed by atoms with Crippen molar-refractivity contribution in [3.8, 4) is 0 Å². The molecule has 1 saturated heterocycles. The van der Waals surface area contributed by atoms with Crippen molar-refractivity contribution < 1.29 is 14.5 Å². The normalized spacial score (nSPS) is 17.3. The minimum Gasteiger partial charge on any atom is -0.282 e. The van der Waals surface area contributed by atoms with Crippen LogP contribution in [0.1, 0.15) is 5.56 Å². The lowest BCUT2D eigenvalue weighted by Crippen LogP contribution is -2.17. The highest BCUT2D eigenvalue weighted by Gasteiger charge is 2.26. The highest BCUT2D eigenvalue weighted by Crippen LogP contribution is 2.28. The molecule has 6 nitrogen and oxygen atoms in total. The zero-order valence-corrected chi connectivity index (χ0v) is 9.19. The molecule has 0 unspecified atom stereocenters.